The molecule has 9 aromatic carbocycles. The van der Waals surface area contributed by atoms with Crippen LogP contribution < -0.4 is 9.80 Å². The van der Waals surface area contributed by atoms with Crippen LogP contribution in [0.4, 0.5) is 39.8 Å². The Morgan fingerprint density at radius 3 is 1.23 bits per heavy atom. The number of aryl methyl sites for hydroxylation is 4. The Morgan fingerprint density at radius 2 is 0.800 bits per heavy atom. The molecule has 0 atom stereocenters. The van der Waals surface area contributed by atoms with Gasteiger partial charge in [-0.05, 0) is 175 Å². The average Bonchev–Trinajstić information content (AvgIpc) is 3.79. The number of benzene rings is 9. The number of furan rings is 2. The maximum Gasteiger partial charge on any atom is 0.233 e. The summed E-state index contributed by atoms with van der Waals surface area (Å²) in [4.78, 5) is 8.55. The van der Waals surface area contributed by atoms with Gasteiger partial charge >= 0.3 is 0 Å². The Kier molecular flexibility index (Phi) is 8.05. The summed E-state index contributed by atoms with van der Waals surface area (Å²) in [6, 6.07) is 58.2. The maximum absolute atomic E-state index is 8.19. The Bertz CT molecular complexity index is 3490. The minimum atomic E-state index is 0.432. The van der Waals surface area contributed by atoms with Gasteiger partial charge in [-0.1, -0.05) is 60.7 Å². The summed E-state index contributed by atoms with van der Waals surface area (Å²) < 4.78 is 13.3. The van der Waals surface area contributed by atoms with E-state index in [2.05, 4.69) is 200 Å². The molecular weight excluding hydrogens is 735 g/mol. The lowest BCUT2D eigenvalue weighted by Crippen LogP contribution is -2.10. The molecule has 5 heteroatoms. The molecular formula is C55H39N3O2. The van der Waals surface area contributed by atoms with Gasteiger partial charge in [-0.2, -0.15) is 0 Å². The quantitative estimate of drug-likeness (QED) is 0.158. The summed E-state index contributed by atoms with van der Waals surface area (Å²) in [6.07, 6.45) is 0. The Morgan fingerprint density at radius 1 is 0.383 bits per heavy atom. The van der Waals surface area contributed by atoms with Crippen LogP contribution in [0, 0.1) is 34.3 Å². The summed E-state index contributed by atoms with van der Waals surface area (Å²) in [5, 5.41) is 8.11. The molecule has 0 aliphatic carbocycles. The van der Waals surface area contributed by atoms with Crippen molar-refractivity contribution in [2.24, 2.45) is 0 Å². The van der Waals surface area contributed by atoms with E-state index in [1.165, 1.54) is 22.3 Å². The third-order valence-corrected chi connectivity index (χ3v) is 11.7. The van der Waals surface area contributed by atoms with E-state index in [9.17, 15) is 0 Å². The van der Waals surface area contributed by atoms with Gasteiger partial charge in [0.05, 0.1) is 6.57 Å². The first-order valence-electron chi connectivity index (χ1n) is 20.3. The number of hydrogen-bond donors (Lipinski definition) is 0. The topological polar surface area (TPSA) is 37.1 Å². The number of nitrogens with zero attached hydrogens (tertiary/aromatic N) is 3. The van der Waals surface area contributed by atoms with Gasteiger partial charge in [0.15, 0.2) is 0 Å². The Balaban J connectivity index is 1.08. The Labute approximate surface area is 347 Å². The van der Waals surface area contributed by atoms with Crippen molar-refractivity contribution in [2.75, 3.05) is 9.80 Å². The lowest BCUT2D eigenvalue weighted by atomic mass is 10.00. The van der Waals surface area contributed by atoms with E-state index in [4.69, 9.17) is 15.4 Å². The van der Waals surface area contributed by atoms with Crippen LogP contribution in [-0.4, -0.2) is 0 Å². The lowest BCUT2D eigenvalue weighted by molar-refractivity contribution is 0.665. The fraction of sp³-hybridized carbons (Fsp3) is 0.0727. The molecule has 0 spiro atoms. The zero-order chi connectivity index (χ0) is 40.6. The monoisotopic (exact) mass is 773 g/mol. The van der Waals surface area contributed by atoms with Crippen molar-refractivity contribution in [3.05, 3.63) is 197 Å². The van der Waals surface area contributed by atoms with Crippen molar-refractivity contribution < 1.29 is 8.83 Å². The molecule has 0 bridgehead atoms. The number of fused-ring (bicyclic) bond motifs is 9. The van der Waals surface area contributed by atoms with Crippen LogP contribution in [0.25, 0.3) is 70.3 Å². The molecule has 0 unspecified atom stereocenters. The minimum absolute atomic E-state index is 0.432. The summed E-state index contributed by atoms with van der Waals surface area (Å²) in [7, 11) is 0. The number of anilines is 6. The van der Waals surface area contributed by atoms with E-state index in [-0.39, 0.29) is 0 Å². The van der Waals surface area contributed by atoms with Crippen LogP contribution in [0.1, 0.15) is 22.3 Å². The van der Waals surface area contributed by atoms with Crippen LogP contribution in [0.3, 0.4) is 0 Å². The summed E-state index contributed by atoms with van der Waals surface area (Å²) in [5.41, 5.74) is 14.5. The molecule has 0 N–H and O–H groups in total. The normalized spacial score (nSPS) is 11.7. The van der Waals surface area contributed by atoms with Crippen LogP contribution in [0.5, 0.6) is 0 Å². The first-order valence-corrected chi connectivity index (χ1v) is 20.3. The van der Waals surface area contributed by atoms with Crippen molar-refractivity contribution in [3.63, 3.8) is 0 Å². The SMILES string of the molecule is [C-]#[N+]c1cc2oc3cc4cc(N(c5cccc(C)c5)c5cccc(C)c5)ccc4cc3c2c2c1oc1cc3cc(N(c4cccc(C)c4)c4cccc(C)c4)ccc3cc12. The van der Waals surface area contributed by atoms with Gasteiger partial charge in [0, 0.05) is 55.7 Å². The average molecular weight is 774 g/mol. The van der Waals surface area contributed by atoms with Gasteiger partial charge in [0.25, 0.3) is 0 Å². The first-order chi connectivity index (χ1) is 29.3. The largest absolute Gasteiger partial charge is 0.467 e. The van der Waals surface area contributed by atoms with Gasteiger partial charge in [-0.15, -0.1) is 0 Å². The van der Waals surface area contributed by atoms with Gasteiger partial charge in [-0.3, -0.25) is 0 Å². The van der Waals surface area contributed by atoms with Crippen LogP contribution in [-0.2, 0) is 0 Å². The molecule has 0 fully saturated rings. The first kappa shape index (κ1) is 35.4. The molecule has 0 amide bonds. The van der Waals surface area contributed by atoms with Crippen molar-refractivity contribution in [1.29, 1.82) is 0 Å². The molecule has 60 heavy (non-hydrogen) atoms. The molecule has 5 nitrogen and oxygen atoms in total. The molecule has 0 radical (unpaired) electrons. The summed E-state index contributed by atoms with van der Waals surface area (Å²) in [5.74, 6) is 0. The van der Waals surface area contributed by atoms with Crippen molar-refractivity contribution >= 4 is 105 Å². The Hall–Kier alpha value is -7.81. The predicted octanol–water partition coefficient (Wildman–Crippen LogP) is 16.5. The van der Waals surface area contributed by atoms with E-state index in [1.807, 2.05) is 6.07 Å². The molecule has 0 aliphatic rings. The zero-order valence-corrected chi connectivity index (χ0v) is 33.7. The van der Waals surface area contributed by atoms with Gasteiger partial charge < -0.3 is 18.6 Å². The summed E-state index contributed by atoms with van der Waals surface area (Å²) in [6.45, 7) is 16.7. The molecule has 286 valence electrons. The lowest BCUT2D eigenvalue weighted by Gasteiger charge is -2.26. The fourth-order valence-corrected chi connectivity index (χ4v) is 8.98. The predicted molar refractivity (Wildman–Crippen MR) is 251 cm³/mol. The van der Waals surface area contributed by atoms with Crippen LogP contribution in [0.15, 0.2) is 173 Å². The third kappa shape index (κ3) is 5.84. The van der Waals surface area contributed by atoms with E-state index >= 15 is 0 Å². The third-order valence-electron chi connectivity index (χ3n) is 11.7. The molecule has 2 heterocycles. The minimum Gasteiger partial charge on any atom is -0.467 e. The smallest absolute Gasteiger partial charge is 0.233 e. The highest BCUT2D eigenvalue weighted by Gasteiger charge is 2.22. The molecule has 11 rings (SSSR count). The molecule has 0 aliphatic heterocycles. The van der Waals surface area contributed by atoms with E-state index < -0.39 is 0 Å². The molecule has 0 saturated heterocycles. The highest BCUT2D eigenvalue weighted by atomic mass is 16.3. The molecule has 2 aromatic heterocycles. The zero-order valence-electron chi connectivity index (χ0n) is 33.7. The second-order valence-electron chi connectivity index (χ2n) is 16.1. The maximum atomic E-state index is 8.19. The van der Waals surface area contributed by atoms with Gasteiger partial charge in [0.2, 0.25) is 5.69 Å². The molecule has 11 aromatic rings. The van der Waals surface area contributed by atoms with Crippen molar-refractivity contribution in [1.82, 2.24) is 0 Å². The van der Waals surface area contributed by atoms with E-state index in [0.29, 0.717) is 16.9 Å². The molecule has 0 saturated carbocycles. The second-order valence-corrected chi connectivity index (χ2v) is 16.1. The van der Waals surface area contributed by atoms with Gasteiger partial charge in [0.1, 0.15) is 22.3 Å². The fourth-order valence-electron chi connectivity index (χ4n) is 8.98. The standard InChI is InChI=1S/C55H39N3O2/c1-33-10-6-14-41(22-33)57(42-15-7-11-34(2)23-42)45-20-18-37-28-47-50(30-39(37)26-45)59-52-32-49(56-5)55-54(53(47)52)48-29-38-19-21-46(27-40(38)31-51(48)60-55)58(43-16-8-12-35(3)24-43)44-17-9-13-36(4)25-44/h6-32H,1-4H3. The second kappa shape index (κ2) is 13.7. The van der Waals surface area contributed by atoms with Gasteiger partial charge in [-0.25, -0.2) is 4.85 Å². The highest BCUT2D eigenvalue weighted by molar-refractivity contribution is 6.30. The summed E-state index contributed by atoms with van der Waals surface area (Å²) >= 11 is 0. The highest BCUT2D eigenvalue weighted by Crippen LogP contribution is 2.47. The van der Waals surface area contributed by atoms with Crippen molar-refractivity contribution in [3.8, 4) is 0 Å². The van der Waals surface area contributed by atoms with Crippen LogP contribution >= 0.6 is 0 Å². The van der Waals surface area contributed by atoms with E-state index in [1.54, 1.807) is 0 Å². The van der Waals surface area contributed by atoms with Crippen molar-refractivity contribution in [2.45, 2.75) is 27.7 Å². The van der Waals surface area contributed by atoms with Crippen LogP contribution in [0.2, 0.25) is 0 Å². The number of hydrogen-bond acceptors (Lipinski definition) is 4. The van der Waals surface area contributed by atoms with E-state index in [0.717, 1.165) is 88.4 Å². The number of rotatable bonds is 6.